The van der Waals surface area contributed by atoms with Crippen LogP contribution in [-0.2, 0) is 12.8 Å². The lowest BCUT2D eigenvalue weighted by Crippen LogP contribution is -2.08. The van der Waals surface area contributed by atoms with Gasteiger partial charge >= 0.3 is 0 Å². The van der Waals surface area contributed by atoms with Crippen LogP contribution in [0.15, 0.2) is 42.6 Å². The summed E-state index contributed by atoms with van der Waals surface area (Å²) in [5.74, 6) is 0.538. The van der Waals surface area contributed by atoms with Crippen molar-refractivity contribution < 1.29 is 9.13 Å². The molecule has 0 aliphatic heterocycles. The molecule has 0 fully saturated rings. The van der Waals surface area contributed by atoms with Gasteiger partial charge in [-0.25, -0.2) is 9.37 Å². The number of rotatable bonds is 5. The Balaban J connectivity index is 2.07. The lowest BCUT2D eigenvalue weighted by molar-refractivity contribution is 0.410. The lowest BCUT2D eigenvalue weighted by Gasteiger charge is -2.08. The van der Waals surface area contributed by atoms with Crippen molar-refractivity contribution in [3.8, 4) is 5.75 Å². The summed E-state index contributed by atoms with van der Waals surface area (Å²) in [6.45, 7) is 0.489. The predicted octanol–water partition coefficient (Wildman–Crippen LogP) is 2.57. The first-order valence-corrected chi connectivity index (χ1v) is 7.20. The maximum atomic E-state index is 13.5. The maximum Gasteiger partial charge on any atom is 0.139 e. The van der Waals surface area contributed by atoms with Gasteiger partial charge in [0.1, 0.15) is 17.2 Å². The van der Waals surface area contributed by atoms with E-state index in [1.54, 1.807) is 17.6 Å². The van der Waals surface area contributed by atoms with Gasteiger partial charge in [-0.05, 0) is 24.7 Å². The monoisotopic (exact) mass is 299 g/mol. The van der Waals surface area contributed by atoms with E-state index in [-0.39, 0.29) is 5.82 Å². The SMILES string of the molecule is COc1ccccc1Cc1nc2ccc(F)cn2c1CCN. The highest BCUT2D eigenvalue weighted by Crippen LogP contribution is 2.23. The Morgan fingerprint density at radius 1 is 1.23 bits per heavy atom. The Kier molecular flexibility index (Phi) is 4.06. The van der Waals surface area contributed by atoms with Crippen molar-refractivity contribution in [3.63, 3.8) is 0 Å². The molecule has 0 spiro atoms. The topological polar surface area (TPSA) is 52.5 Å². The summed E-state index contributed by atoms with van der Waals surface area (Å²) < 4.78 is 20.7. The van der Waals surface area contributed by atoms with Crippen LogP contribution in [0.3, 0.4) is 0 Å². The molecule has 0 saturated heterocycles. The number of methoxy groups -OCH3 is 1. The standard InChI is InChI=1S/C17H18FN3O/c1-22-16-5-3-2-4-12(16)10-14-15(8-9-19)21-11-13(18)6-7-17(21)20-14/h2-7,11H,8-10,19H2,1H3. The molecule has 2 aromatic heterocycles. The molecule has 0 atom stereocenters. The van der Waals surface area contributed by atoms with E-state index in [9.17, 15) is 4.39 Å². The quantitative estimate of drug-likeness (QED) is 0.788. The van der Waals surface area contributed by atoms with E-state index in [2.05, 4.69) is 4.98 Å². The molecule has 5 heteroatoms. The summed E-state index contributed by atoms with van der Waals surface area (Å²) in [5.41, 5.74) is 9.34. The van der Waals surface area contributed by atoms with Crippen molar-refractivity contribution in [2.75, 3.05) is 13.7 Å². The number of hydrogen-bond donors (Lipinski definition) is 1. The van der Waals surface area contributed by atoms with E-state index in [4.69, 9.17) is 10.5 Å². The number of imidazole rings is 1. The molecule has 0 aliphatic carbocycles. The van der Waals surface area contributed by atoms with Gasteiger partial charge in [0, 0.05) is 30.3 Å². The molecule has 3 aromatic rings. The zero-order valence-electron chi connectivity index (χ0n) is 12.4. The average molecular weight is 299 g/mol. The third-order valence-electron chi connectivity index (χ3n) is 3.70. The molecule has 0 radical (unpaired) electrons. The molecule has 2 N–H and O–H groups in total. The fraction of sp³-hybridized carbons (Fsp3) is 0.235. The van der Waals surface area contributed by atoms with Crippen LogP contribution in [0, 0.1) is 5.82 Å². The van der Waals surface area contributed by atoms with Crippen LogP contribution in [0.2, 0.25) is 0 Å². The van der Waals surface area contributed by atoms with Crippen LogP contribution in [0.25, 0.3) is 5.65 Å². The summed E-state index contributed by atoms with van der Waals surface area (Å²) in [5, 5.41) is 0. The van der Waals surface area contributed by atoms with Crippen molar-refractivity contribution in [1.82, 2.24) is 9.38 Å². The molecular weight excluding hydrogens is 281 g/mol. The van der Waals surface area contributed by atoms with E-state index < -0.39 is 0 Å². The Bertz CT molecular complexity index is 798. The van der Waals surface area contributed by atoms with Gasteiger partial charge in [0.15, 0.2) is 0 Å². The average Bonchev–Trinajstić information content (AvgIpc) is 2.85. The molecule has 0 unspecified atom stereocenters. The molecule has 0 aliphatic rings. The number of para-hydroxylation sites is 1. The molecule has 3 rings (SSSR count). The Labute approximate surface area is 128 Å². The molecular formula is C17H18FN3O. The van der Waals surface area contributed by atoms with Gasteiger partial charge in [-0.15, -0.1) is 0 Å². The number of nitrogens with two attached hydrogens (primary N) is 1. The van der Waals surface area contributed by atoms with Crippen LogP contribution in [0.5, 0.6) is 5.75 Å². The minimum Gasteiger partial charge on any atom is -0.496 e. The number of fused-ring (bicyclic) bond motifs is 1. The number of ether oxygens (including phenoxy) is 1. The van der Waals surface area contributed by atoms with Crippen LogP contribution < -0.4 is 10.5 Å². The van der Waals surface area contributed by atoms with Crippen molar-refractivity contribution in [2.45, 2.75) is 12.8 Å². The highest BCUT2D eigenvalue weighted by atomic mass is 19.1. The Hall–Kier alpha value is -2.40. The molecule has 0 bridgehead atoms. The number of pyridine rings is 1. The van der Waals surface area contributed by atoms with Gasteiger partial charge in [-0.1, -0.05) is 18.2 Å². The van der Waals surface area contributed by atoms with E-state index >= 15 is 0 Å². The summed E-state index contributed by atoms with van der Waals surface area (Å²) in [4.78, 5) is 4.63. The molecule has 114 valence electrons. The van der Waals surface area contributed by atoms with Gasteiger partial charge in [-0.3, -0.25) is 0 Å². The predicted molar refractivity (Wildman–Crippen MR) is 83.7 cm³/mol. The van der Waals surface area contributed by atoms with Gasteiger partial charge in [0.2, 0.25) is 0 Å². The Morgan fingerprint density at radius 3 is 2.82 bits per heavy atom. The molecule has 2 heterocycles. The van der Waals surface area contributed by atoms with Crippen molar-refractivity contribution >= 4 is 5.65 Å². The highest BCUT2D eigenvalue weighted by molar-refractivity contribution is 5.46. The van der Waals surface area contributed by atoms with Crippen molar-refractivity contribution in [3.05, 3.63) is 65.4 Å². The number of nitrogens with zero attached hydrogens (tertiary/aromatic N) is 2. The summed E-state index contributed by atoms with van der Waals surface area (Å²) in [6.07, 6.45) is 2.73. The van der Waals surface area contributed by atoms with Gasteiger partial charge in [0.25, 0.3) is 0 Å². The van der Waals surface area contributed by atoms with Crippen LogP contribution in [0.4, 0.5) is 4.39 Å². The zero-order chi connectivity index (χ0) is 15.5. The van der Waals surface area contributed by atoms with Gasteiger partial charge in [-0.2, -0.15) is 0 Å². The number of aromatic nitrogens is 2. The van der Waals surface area contributed by atoms with Crippen LogP contribution >= 0.6 is 0 Å². The van der Waals surface area contributed by atoms with Crippen molar-refractivity contribution in [1.29, 1.82) is 0 Å². The molecule has 1 aromatic carbocycles. The molecule has 22 heavy (non-hydrogen) atoms. The summed E-state index contributed by atoms with van der Waals surface area (Å²) >= 11 is 0. The minimum absolute atomic E-state index is 0.285. The smallest absolute Gasteiger partial charge is 0.139 e. The first-order chi connectivity index (χ1) is 10.7. The first kappa shape index (κ1) is 14.5. The van der Waals surface area contributed by atoms with E-state index in [1.807, 2.05) is 24.3 Å². The fourth-order valence-corrected chi connectivity index (χ4v) is 2.69. The highest BCUT2D eigenvalue weighted by Gasteiger charge is 2.14. The third-order valence-corrected chi connectivity index (χ3v) is 3.70. The van der Waals surface area contributed by atoms with Crippen LogP contribution in [-0.4, -0.2) is 23.0 Å². The first-order valence-electron chi connectivity index (χ1n) is 7.20. The normalized spacial score (nSPS) is 11.0. The maximum absolute atomic E-state index is 13.5. The second-order valence-corrected chi connectivity index (χ2v) is 5.11. The third kappa shape index (κ3) is 2.67. The molecule has 0 amide bonds. The molecule has 0 saturated carbocycles. The largest absolute Gasteiger partial charge is 0.496 e. The zero-order valence-corrected chi connectivity index (χ0v) is 12.4. The minimum atomic E-state index is -0.285. The second kappa shape index (κ2) is 6.15. The summed E-state index contributed by atoms with van der Waals surface area (Å²) in [7, 11) is 1.65. The Morgan fingerprint density at radius 2 is 2.05 bits per heavy atom. The molecule has 4 nitrogen and oxygen atoms in total. The van der Waals surface area contributed by atoms with E-state index in [0.29, 0.717) is 19.4 Å². The fourth-order valence-electron chi connectivity index (χ4n) is 2.69. The lowest BCUT2D eigenvalue weighted by atomic mass is 10.1. The number of benzene rings is 1. The van der Waals surface area contributed by atoms with E-state index in [0.717, 1.165) is 28.3 Å². The summed E-state index contributed by atoms with van der Waals surface area (Å²) in [6, 6.07) is 10.9. The van der Waals surface area contributed by atoms with Crippen LogP contribution in [0.1, 0.15) is 17.0 Å². The number of halogens is 1. The second-order valence-electron chi connectivity index (χ2n) is 5.11. The van der Waals surface area contributed by atoms with Gasteiger partial charge < -0.3 is 14.9 Å². The number of hydrogen-bond acceptors (Lipinski definition) is 3. The van der Waals surface area contributed by atoms with Gasteiger partial charge in [0.05, 0.1) is 12.8 Å². The van der Waals surface area contributed by atoms with E-state index in [1.165, 1.54) is 12.3 Å². The van der Waals surface area contributed by atoms with Crippen molar-refractivity contribution in [2.24, 2.45) is 5.73 Å².